The molecule has 3 aromatic rings. The third-order valence-corrected chi connectivity index (χ3v) is 7.02. The van der Waals surface area contributed by atoms with Gasteiger partial charge in [-0.25, -0.2) is 4.68 Å². The topological polar surface area (TPSA) is 98.2 Å². The van der Waals surface area contributed by atoms with Crippen LogP contribution in [0.4, 0.5) is 0 Å². The lowest BCUT2D eigenvalue weighted by molar-refractivity contribution is 0.143. The highest BCUT2D eigenvalue weighted by molar-refractivity contribution is 5.83. The number of aromatic amines is 1. The number of benzene rings is 1. The third kappa shape index (κ3) is 3.54. The van der Waals surface area contributed by atoms with Crippen molar-refractivity contribution in [2.24, 2.45) is 5.92 Å². The molecule has 5 rings (SSSR count). The lowest BCUT2D eigenvalue weighted by Crippen LogP contribution is -2.41. The zero-order valence-corrected chi connectivity index (χ0v) is 19.1. The van der Waals surface area contributed by atoms with Gasteiger partial charge in [0.15, 0.2) is 17.3 Å². The Morgan fingerprint density at radius 2 is 1.91 bits per heavy atom. The first-order valence-corrected chi connectivity index (χ1v) is 11.4. The Morgan fingerprint density at radius 1 is 1.19 bits per heavy atom. The number of fused-ring (bicyclic) bond motifs is 2. The normalized spacial score (nSPS) is 18.4. The summed E-state index contributed by atoms with van der Waals surface area (Å²) in [6, 6.07) is 5.37. The van der Waals surface area contributed by atoms with Gasteiger partial charge in [-0.15, -0.1) is 5.10 Å². The van der Waals surface area contributed by atoms with Gasteiger partial charge in [0.05, 0.1) is 11.1 Å². The van der Waals surface area contributed by atoms with Gasteiger partial charge in [-0.05, 0) is 74.7 Å². The van der Waals surface area contributed by atoms with Gasteiger partial charge in [-0.3, -0.25) is 9.69 Å². The zero-order chi connectivity index (χ0) is 22.5. The van der Waals surface area contributed by atoms with Crippen LogP contribution < -0.4 is 15.0 Å². The van der Waals surface area contributed by atoms with Gasteiger partial charge in [-0.1, -0.05) is 13.8 Å². The fourth-order valence-corrected chi connectivity index (χ4v) is 4.55. The Labute approximate surface area is 186 Å². The van der Waals surface area contributed by atoms with E-state index in [0.717, 1.165) is 43.3 Å². The molecule has 2 aliphatic heterocycles. The molecule has 32 heavy (non-hydrogen) atoms. The van der Waals surface area contributed by atoms with Crippen molar-refractivity contribution in [1.82, 2.24) is 30.1 Å². The van der Waals surface area contributed by atoms with Crippen LogP contribution in [0, 0.1) is 5.92 Å². The second kappa shape index (κ2) is 7.88. The molecule has 0 radical (unpaired) electrons. The molecule has 1 saturated heterocycles. The highest BCUT2D eigenvalue weighted by Gasteiger charge is 2.35. The van der Waals surface area contributed by atoms with Gasteiger partial charge in [0.2, 0.25) is 6.79 Å². The molecular weight excluding hydrogens is 408 g/mol. The average Bonchev–Trinajstić information content (AvgIpc) is 3.44. The van der Waals surface area contributed by atoms with Crippen molar-refractivity contribution in [3.63, 3.8) is 0 Å². The number of nitrogens with zero attached hydrogens (tertiary/aromatic N) is 5. The van der Waals surface area contributed by atoms with Crippen molar-refractivity contribution < 1.29 is 9.47 Å². The first-order chi connectivity index (χ1) is 15.4. The van der Waals surface area contributed by atoms with Gasteiger partial charge in [-0.2, -0.15) is 0 Å². The number of rotatable bonds is 5. The summed E-state index contributed by atoms with van der Waals surface area (Å²) < 4.78 is 12.9. The van der Waals surface area contributed by atoms with Gasteiger partial charge in [0.1, 0.15) is 6.04 Å². The summed E-state index contributed by atoms with van der Waals surface area (Å²) in [6.45, 7) is 10.6. The molecule has 1 atom stereocenters. The summed E-state index contributed by atoms with van der Waals surface area (Å²) in [7, 11) is 0. The number of likely N-dealkylation sites (tertiary alicyclic amines) is 1. The summed E-state index contributed by atoms with van der Waals surface area (Å²) >= 11 is 0. The third-order valence-electron chi connectivity index (χ3n) is 7.02. The summed E-state index contributed by atoms with van der Waals surface area (Å²) in [4.78, 5) is 18.8. The molecular formula is C23H30N6O3. The minimum Gasteiger partial charge on any atom is -0.454 e. The van der Waals surface area contributed by atoms with Gasteiger partial charge in [0, 0.05) is 17.0 Å². The first-order valence-electron chi connectivity index (χ1n) is 11.4. The van der Waals surface area contributed by atoms with E-state index < -0.39 is 0 Å². The zero-order valence-electron chi connectivity index (χ0n) is 19.1. The van der Waals surface area contributed by atoms with Gasteiger partial charge >= 0.3 is 0 Å². The minimum atomic E-state index is -0.332. The average molecular weight is 439 g/mol. The number of piperidine rings is 1. The Hall–Kier alpha value is -2.94. The van der Waals surface area contributed by atoms with Crippen LogP contribution >= 0.6 is 0 Å². The molecule has 0 amide bonds. The van der Waals surface area contributed by atoms with Crippen LogP contribution in [0.2, 0.25) is 0 Å². The highest BCUT2D eigenvalue weighted by atomic mass is 16.7. The van der Waals surface area contributed by atoms with Crippen molar-refractivity contribution >= 4 is 10.9 Å². The molecule has 2 aromatic heterocycles. The molecule has 1 fully saturated rings. The fourth-order valence-electron chi connectivity index (χ4n) is 4.55. The summed E-state index contributed by atoms with van der Waals surface area (Å²) in [5.41, 5.74) is 0.968. The van der Waals surface area contributed by atoms with Crippen LogP contribution in [0.25, 0.3) is 10.9 Å². The van der Waals surface area contributed by atoms with Crippen molar-refractivity contribution in [1.29, 1.82) is 0 Å². The maximum absolute atomic E-state index is 13.4. The quantitative estimate of drug-likeness (QED) is 0.653. The van der Waals surface area contributed by atoms with Crippen molar-refractivity contribution in [2.45, 2.75) is 58.5 Å². The maximum atomic E-state index is 13.4. The van der Waals surface area contributed by atoms with E-state index in [0.29, 0.717) is 28.8 Å². The van der Waals surface area contributed by atoms with E-state index >= 15 is 0 Å². The number of nitrogens with one attached hydrogen (secondary N) is 1. The van der Waals surface area contributed by atoms with E-state index in [1.807, 2.05) is 22.9 Å². The van der Waals surface area contributed by atoms with E-state index in [2.05, 4.69) is 53.1 Å². The largest absolute Gasteiger partial charge is 0.454 e. The van der Waals surface area contributed by atoms with Crippen LogP contribution in [-0.4, -0.2) is 50.0 Å². The molecule has 1 N–H and O–H groups in total. The second-order valence-corrected chi connectivity index (χ2v) is 9.58. The van der Waals surface area contributed by atoms with Crippen LogP contribution in [-0.2, 0) is 5.54 Å². The molecule has 0 saturated carbocycles. The fraction of sp³-hybridized carbons (Fsp3) is 0.565. The number of hydrogen-bond donors (Lipinski definition) is 1. The molecule has 1 aromatic carbocycles. The summed E-state index contributed by atoms with van der Waals surface area (Å²) in [5.74, 6) is 2.72. The molecule has 0 aliphatic carbocycles. The lowest BCUT2D eigenvalue weighted by atomic mass is 9.94. The van der Waals surface area contributed by atoms with E-state index in [4.69, 9.17) is 9.47 Å². The van der Waals surface area contributed by atoms with Crippen molar-refractivity contribution in [3.05, 3.63) is 39.9 Å². The Bertz CT molecular complexity index is 1190. The number of aromatic nitrogens is 5. The molecule has 0 spiro atoms. The predicted molar refractivity (Wildman–Crippen MR) is 120 cm³/mol. The SMILES string of the molecule is CCC(C)(C)n1nnnc1[C@H](c1cc2cc3c(cc2[nH]c1=O)OCO3)N1CCC(C)CC1. The standard InChI is InChI=1S/C23H30N6O3/c1-5-23(3,4)29-21(25-26-27-29)20(28-8-6-14(2)7-9-28)16-10-15-11-18-19(32-13-31-18)12-17(15)24-22(16)30/h10-12,14,20H,5-9,13H2,1-4H3,(H,24,30)/t20-/m0/s1. The van der Waals surface area contributed by atoms with Crippen LogP contribution in [0.1, 0.15) is 64.4 Å². The summed E-state index contributed by atoms with van der Waals surface area (Å²) in [6.07, 6.45) is 3.03. The van der Waals surface area contributed by atoms with E-state index in [1.54, 1.807) is 0 Å². The van der Waals surface area contributed by atoms with E-state index in [-0.39, 0.29) is 23.9 Å². The number of ether oxygens (including phenoxy) is 2. The Balaban J connectivity index is 1.67. The van der Waals surface area contributed by atoms with Crippen LogP contribution in [0.15, 0.2) is 23.0 Å². The van der Waals surface area contributed by atoms with Crippen LogP contribution in [0.5, 0.6) is 11.5 Å². The summed E-state index contributed by atoms with van der Waals surface area (Å²) in [5, 5.41) is 13.7. The molecule has 4 heterocycles. The minimum absolute atomic E-state index is 0.135. The lowest BCUT2D eigenvalue weighted by Gasteiger charge is -2.37. The van der Waals surface area contributed by atoms with Crippen molar-refractivity contribution in [2.75, 3.05) is 19.9 Å². The van der Waals surface area contributed by atoms with E-state index in [9.17, 15) is 4.79 Å². The highest BCUT2D eigenvalue weighted by Crippen LogP contribution is 2.37. The molecule has 9 heteroatoms. The smallest absolute Gasteiger partial charge is 0.253 e. The molecule has 0 bridgehead atoms. The molecule has 0 unspecified atom stereocenters. The monoisotopic (exact) mass is 438 g/mol. The maximum Gasteiger partial charge on any atom is 0.253 e. The Morgan fingerprint density at radius 3 is 2.62 bits per heavy atom. The predicted octanol–water partition coefficient (Wildman–Crippen LogP) is 3.21. The number of H-pyrrole nitrogens is 1. The molecule has 2 aliphatic rings. The molecule has 170 valence electrons. The first kappa shape index (κ1) is 20.9. The Kier molecular flexibility index (Phi) is 5.16. The van der Waals surface area contributed by atoms with E-state index in [1.165, 1.54) is 0 Å². The number of pyridine rings is 1. The second-order valence-electron chi connectivity index (χ2n) is 9.58. The van der Waals surface area contributed by atoms with Crippen LogP contribution in [0.3, 0.4) is 0 Å². The number of tetrazole rings is 1. The molecule has 9 nitrogen and oxygen atoms in total. The number of hydrogen-bond acceptors (Lipinski definition) is 7. The van der Waals surface area contributed by atoms with Gasteiger partial charge < -0.3 is 14.5 Å². The van der Waals surface area contributed by atoms with Gasteiger partial charge in [0.25, 0.3) is 5.56 Å². The van der Waals surface area contributed by atoms with Crippen molar-refractivity contribution in [3.8, 4) is 11.5 Å².